The fourth-order valence-electron chi connectivity index (χ4n) is 1.93. The van der Waals surface area contributed by atoms with Gasteiger partial charge in [-0.3, -0.25) is 0 Å². The molecule has 10 heteroatoms. The van der Waals surface area contributed by atoms with E-state index in [-0.39, 0.29) is 0 Å². The summed E-state index contributed by atoms with van der Waals surface area (Å²) in [5.74, 6) is 0. The normalized spacial score (nSPS) is 12.8. The Balaban J connectivity index is 3.70. The summed E-state index contributed by atoms with van der Waals surface area (Å²) in [6.07, 6.45) is 2.24. The van der Waals surface area contributed by atoms with E-state index in [1.807, 2.05) is 0 Å². The second kappa shape index (κ2) is 13.5. The molecule has 0 unspecified atom stereocenters. The van der Waals surface area contributed by atoms with Crippen molar-refractivity contribution in [2.24, 2.45) is 0 Å². The molecule has 6 nitrogen and oxygen atoms in total. The summed E-state index contributed by atoms with van der Waals surface area (Å²) in [7, 11) is 5.32. The average molecular weight is 484 g/mol. The van der Waals surface area contributed by atoms with E-state index in [0.29, 0.717) is 0 Å². The maximum absolute atomic E-state index is 5.43. The Labute approximate surface area is 148 Å². The summed E-state index contributed by atoms with van der Waals surface area (Å²) >= 11 is 1.44. The summed E-state index contributed by atoms with van der Waals surface area (Å²) in [4.78, 5) is 0. The van der Waals surface area contributed by atoms with E-state index >= 15 is 0 Å². The minimum atomic E-state index is -2.36. The maximum atomic E-state index is 5.43. The Kier molecular flexibility index (Phi) is 14.3. The van der Waals surface area contributed by atoms with Crippen LogP contribution in [0.5, 0.6) is 0 Å². The Hall–Kier alpha value is 1.23. The van der Waals surface area contributed by atoms with Crippen LogP contribution in [0, 0.1) is 0 Å². The molecular formula is C12H30O6Se2Si2. The van der Waals surface area contributed by atoms with Crippen LogP contribution in [0.15, 0.2) is 0 Å². The SMILES string of the molecule is CO[Si](CCC[Se][Se]CCC[Si](OC)(OC)OC)(OC)OC. The molecule has 0 fully saturated rings. The zero-order valence-corrected chi connectivity index (χ0v) is 19.9. The van der Waals surface area contributed by atoms with Crippen LogP contribution in [0.1, 0.15) is 12.8 Å². The molecule has 0 N–H and O–H groups in total. The van der Waals surface area contributed by atoms with Crippen molar-refractivity contribution in [2.45, 2.75) is 35.6 Å². The molecule has 22 heavy (non-hydrogen) atoms. The average Bonchev–Trinajstić information content (AvgIpc) is 2.58. The van der Waals surface area contributed by atoms with E-state index in [1.54, 1.807) is 42.7 Å². The van der Waals surface area contributed by atoms with Gasteiger partial charge >= 0.3 is 149 Å². The van der Waals surface area contributed by atoms with Crippen LogP contribution in [0.4, 0.5) is 0 Å². The van der Waals surface area contributed by atoms with E-state index in [0.717, 1.165) is 51.2 Å². The second-order valence-corrected chi connectivity index (χ2v) is 18.5. The van der Waals surface area contributed by atoms with Gasteiger partial charge in [0.1, 0.15) is 0 Å². The third kappa shape index (κ3) is 8.37. The molecule has 0 saturated carbocycles. The van der Waals surface area contributed by atoms with Crippen LogP contribution in [0.25, 0.3) is 0 Å². The Bertz CT molecular complexity index is 225. The molecule has 0 spiro atoms. The third-order valence-electron chi connectivity index (χ3n) is 3.37. The van der Waals surface area contributed by atoms with Gasteiger partial charge in [0, 0.05) is 0 Å². The van der Waals surface area contributed by atoms with Crippen molar-refractivity contribution in [3.8, 4) is 0 Å². The summed E-state index contributed by atoms with van der Waals surface area (Å²) in [6.45, 7) is 0. The van der Waals surface area contributed by atoms with E-state index < -0.39 is 17.6 Å². The van der Waals surface area contributed by atoms with Gasteiger partial charge in [0.05, 0.1) is 0 Å². The van der Waals surface area contributed by atoms with Gasteiger partial charge in [-0.15, -0.1) is 0 Å². The zero-order chi connectivity index (χ0) is 16.9. The molecular weight excluding hydrogens is 454 g/mol. The summed E-state index contributed by atoms with van der Waals surface area (Å²) < 4.78 is 32.6. The molecule has 0 aromatic heterocycles. The van der Waals surface area contributed by atoms with Crippen LogP contribution in [0.2, 0.25) is 22.7 Å². The minimum absolute atomic E-state index is 0.722. The van der Waals surface area contributed by atoms with Crippen molar-refractivity contribution < 1.29 is 26.6 Å². The first-order chi connectivity index (χ1) is 10.6. The van der Waals surface area contributed by atoms with E-state index in [4.69, 9.17) is 26.6 Å². The predicted molar refractivity (Wildman–Crippen MR) is 93.5 cm³/mol. The van der Waals surface area contributed by atoms with E-state index in [2.05, 4.69) is 0 Å². The van der Waals surface area contributed by atoms with Crippen LogP contribution in [0.3, 0.4) is 0 Å². The Morgan fingerprint density at radius 1 is 0.545 bits per heavy atom. The number of rotatable bonds is 15. The van der Waals surface area contributed by atoms with Crippen LogP contribution in [-0.2, 0) is 26.6 Å². The van der Waals surface area contributed by atoms with E-state index in [1.165, 1.54) is 10.6 Å². The molecule has 0 atom stereocenters. The molecule has 0 bridgehead atoms. The van der Waals surface area contributed by atoms with E-state index in [9.17, 15) is 0 Å². The number of hydrogen-bond donors (Lipinski definition) is 0. The summed E-state index contributed by atoms with van der Waals surface area (Å²) in [6, 6.07) is 1.81. The van der Waals surface area contributed by atoms with Crippen molar-refractivity contribution >= 4 is 43.9 Å². The van der Waals surface area contributed by atoms with Gasteiger partial charge in [-0.2, -0.15) is 0 Å². The first-order valence-electron chi connectivity index (χ1n) is 7.13. The Morgan fingerprint density at radius 2 is 0.818 bits per heavy atom. The van der Waals surface area contributed by atoms with Crippen LogP contribution >= 0.6 is 0 Å². The standard InChI is InChI=1S/C12H30O6Se2Si2/c1-13-21(14-2,15-3)11-7-9-19-20-10-8-12-22(16-4,17-5)18-6/h7-12H2,1-6H3. The van der Waals surface area contributed by atoms with Crippen molar-refractivity contribution in [3.63, 3.8) is 0 Å². The topological polar surface area (TPSA) is 55.4 Å². The molecule has 0 aliphatic carbocycles. The molecule has 0 aliphatic rings. The fraction of sp³-hybridized carbons (Fsp3) is 1.00. The fourth-order valence-corrected chi connectivity index (χ4v) is 13.3. The first-order valence-corrected chi connectivity index (χ1v) is 17.7. The Morgan fingerprint density at radius 3 is 1.05 bits per heavy atom. The van der Waals surface area contributed by atoms with Crippen LogP contribution in [-0.4, -0.2) is 86.5 Å². The molecule has 134 valence electrons. The van der Waals surface area contributed by atoms with Gasteiger partial charge in [-0.1, -0.05) is 0 Å². The molecule has 0 amide bonds. The van der Waals surface area contributed by atoms with Gasteiger partial charge < -0.3 is 0 Å². The predicted octanol–water partition coefficient (Wildman–Crippen LogP) is 1.68. The second-order valence-electron chi connectivity index (χ2n) is 4.44. The summed E-state index contributed by atoms with van der Waals surface area (Å²) in [5, 5.41) is 2.53. The van der Waals surface area contributed by atoms with Crippen molar-refractivity contribution in [1.82, 2.24) is 0 Å². The van der Waals surface area contributed by atoms with Crippen molar-refractivity contribution in [3.05, 3.63) is 0 Å². The summed E-state index contributed by atoms with van der Waals surface area (Å²) in [5.41, 5.74) is 0. The van der Waals surface area contributed by atoms with Gasteiger partial charge in [0.25, 0.3) is 0 Å². The van der Waals surface area contributed by atoms with Gasteiger partial charge in [0.15, 0.2) is 0 Å². The first kappa shape index (κ1) is 23.2. The van der Waals surface area contributed by atoms with Gasteiger partial charge in [-0.05, 0) is 0 Å². The molecule has 0 aromatic rings. The van der Waals surface area contributed by atoms with Crippen molar-refractivity contribution in [2.75, 3.05) is 42.7 Å². The quantitative estimate of drug-likeness (QED) is 0.261. The molecule has 0 radical (unpaired) electrons. The molecule has 0 aliphatic heterocycles. The molecule has 0 saturated heterocycles. The van der Waals surface area contributed by atoms with Crippen LogP contribution < -0.4 is 0 Å². The molecule has 0 rings (SSSR count). The van der Waals surface area contributed by atoms with Gasteiger partial charge in [-0.25, -0.2) is 0 Å². The number of hydrogen-bond acceptors (Lipinski definition) is 6. The van der Waals surface area contributed by atoms with Crippen molar-refractivity contribution in [1.29, 1.82) is 0 Å². The molecule has 0 aromatic carbocycles. The molecule has 0 heterocycles. The monoisotopic (exact) mass is 486 g/mol. The zero-order valence-electron chi connectivity index (χ0n) is 14.5. The third-order valence-corrected chi connectivity index (χ3v) is 16.7. The van der Waals surface area contributed by atoms with Gasteiger partial charge in [0.2, 0.25) is 0 Å².